The van der Waals surface area contributed by atoms with Gasteiger partial charge in [0.1, 0.15) is 5.75 Å². The van der Waals surface area contributed by atoms with Crippen LogP contribution in [0.25, 0.3) is 0 Å². The summed E-state index contributed by atoms with van der Waals surface area (Å²) in [6.45, 7) is 5.75. The third-order valence-corrected chi connectivity index (χ3v) is 3.87. The number of likely N-dealkylation sites (tertiary alicyclic amines) is 1. The Hall–Kier alpha value is -1.66. The fraction of sp³-hybridized carbons (Fsp3) is 0.571. The van der Waals surface area contributed by atoms with Gasteiger partial charge in [0, 0.05) is 25.7 Å². The zero-order valence-electron chi connectivity index (χ0n) is 12.0. The average molecular weight is 280 g/mol. The minimum Gasteiger partial charge on any atom is -0.496 e. The second-order valence-electron chi connectivity index (χ2n) is 5.70. The minimum absolute atomic E-state index is 0.0268. The van der Waals surface area contributed by atoms with Crippen molar-refractivity contribution >= 4 is 5.69 Å². The molecule has 110 valence electrons. The van der Waals surface area contributed by atoms with Gasteiger partial charge in [-0.15, -0.1) is 0 Å². The van der Waals surface area contributed by atoms with Gasteiger partial charge in [-0.25, -0.2) is 0 Å². The van der Waals surface area contributed by atoms with Gasteiger partial charge in [-0.1, -0.05) is 13.8 Å². The first kappa shape index (κ1) is 14.7. The molecule has 0 radical (unpaired) electrons. The number of ether oxygens (including phenoxy) is 1. The van der Waals surface area contributed by atoms with Crippen molar-refractivity contribution in [1.29, 1.82) is 0 Å². The summed E-state index contributed by atoms with van der Waals surface area (Å²) in [6, 6.07) is 4.75. The van der Waals surface area contributed by atoms with Crippen LogP contribution in [-0.2, 0) is 6.54 Å². The van der Waals surface area contributed by atoms with Crippen molar-refractivity contribution in [2.45, 2.75) is 26.0 Å². The molecule has 2 rings (SSSR count). The van der Waals surface area contributed by atoms with E-state index in [2.05, 4.69) is 4.90 Å². The summed E-state index contributed by atoms with van der Waals surface area (Å²) in [7, 11) is 1.49. The Morgan fingerprint density at radius 3 is 2.60 bits per heavy atom. The molecular weight excluding hydrogens is 260 g/mol. The van der Waals surface area contributed by atoms with Gasteiger partial charge in [0.05, 0.1) is 23.7 Å². The van der Waals surface area contributed by atoms with Crippen molar-refractivity contribution < 1.29 is 14.8 Å². The van der Waals surface area contributed by atoms with E-state index in [1.807, 2.05) is 13.8 Å². The molecule has 1 aromatic carbocycles. The molecule has 0 aliphatic carbocycles. The monoisotopic (exact) mass is 280 g/mol. The molecule has 0 spiro atoms. The number of nitro groups is 1. The van der Waals surface area contributed by atoms with Crippen molar-refractivity contribution in [3.05, 3.63) is 33.9 Å². The Morgan fingerprint density at radius 1 is 1.45 bits per heavy atom. The van der Waals surface area contributed by atoms with Gasteiger partial charge in [-0.3, -0.25) is 15.0 Å². The first-order valence-electron chi connectivity index (χ1n) is 6.61. The quantitative estimate of drug-likeness (QED) is 0.657. The van der Waals surface area contributed by atoms with E-state index >= 15 is 0 Å². The van der Waals surface area contributed by atoms with Crippen LogP contribution in [0.5, 0.6) is 5.75 Å². The number of hydrogen-bond donors (Lipinski definition) is 1. The van der Waals surface area contributed by atoms with Crippen molar-refractivity contribution in [2.75, 3.05) is 20.2 Å². The smallest absolute Gasteiger partial charge is 0.273 e. The Bertz CT molecular complexity index is 510. The minimum atomic E-state index is -0.634. The molecule has 0 bridgehead atoms. The molecule has 1 aliphatic rings. The summed E-state index contributed by atoms with van der Waals surface area (Å²) in [6.07, 6.45) is 0. The van der Waals surface area contributed by atoms with Gasteiger partial charge in [-0.05, 0) is 17.5 Å². The van der Waals surface area contributed by atoms with Crippen LogP contribution in [-0.4, -0.2) is 40.7 Å². The summed E-state index contributed by atoms with van der Waals surface area (Å²) in [5.74, 6) is 0.687. The lowest BCUT2D eigenvalue weighted by Gasteiger charge is -2.49. The van der Waals surface area contributed by atoms with Crippen molar-refractivity contribution in [3.63, 3.8) is 0 Å². The third-order valence-electron chi connectivity index (χ3n) is 3.87. The number of aliphatic hydroxyl groups is 1. The van der Waals surface area contributed by atoms with Crippen LogP contribution in [0.1, 0.15) is 19.4 Å². The molecular formula is C14H20N2O4. The molecule has 20 heavy (non-hydrogen) atoms. The Labute approximate surface area is 118 Å². The van der Waals surface area contributed by atoms with Gasteiger partial charge in [0.25, 0.3) is 5.69 Å². The number of nitrogens with zero attached hydrogens (tertiary/aromatic N) is 2. The van der Waals surface area contributed by atoms with Crippen LogP contribution in [0.2, 0.25) is 0 Å². The fourth-order valence-corrected chi connectivity index (χ4v) is 2.42. The Kier molecular flexibility index (Phi) is 3.96. The molecule has 1 aliphatic heterocycles. The van der Waals surface area contributed by atoms with Crippen LogP contribution in [0, 0.1) is 16.0 Å². The average Bonchev–Trinajstić information content (AvgIpc) is 2.35. The first-order chi connectivity index (χ1) is 9.34. The molecule has 0 aromatic heterocycles. The van der Waals surface area contributed by atoms with Crippen LogP contribution in [0.4, 0.5) is 5.69 Å². The number of nitro benzene ring substituents is 1. The maximum atomic E-state index is 10.9. The second-order valence-corrected chi connectivity index (χ2v) is 5.70. The van der Waals surface area contributed by atoms with Crippen LogP contribution in [0.15, 0.2) is 18.2 Å². The summed E-state index contributed by atoms with van der Waals surface area (Å²) in [5.41, 5.74) is 0.214. The van der Waals surface area contributed by atoms with E-state index < -0.39 is 10.5 Å². The molecule has 0 unspecified atom stereocenters. The highest BCUT2D eigenvalue weighted by Gasteiger charge is 2.43. The highest BCUT2D eigenvalue weighted by Crippen LogP contribution is 2.31. The lowest BCUT2D eigenvalue weighted by atomic mass is 9.83. The number of hydrogen-bond acceptors (Lipinski definition) is 5. The maximum Gasteiger partial charge on any atom is 0.273 e. The highest BCUT2D eigenvalue weighted by atomic mass is 16.6. The van der Waals surface area contributed by atoms with Crippen LogP contribution < -0.4 is 4.74 Å². The number of methoxy groups -OCH3 is 1. The van der Waals surface area contributed by atoms with Crippen LogP contribution >= 0.6 is 0 Å². The Balaban J connectivity index is 2.07. The van der Waals surface area contributed by atoms with Crippen molar-refractivity contribution in [2.24, 2.45) is 5.92 Å². The molecule has 1 N–H and O–H groups in total. The van der Waals surface area contributed by atoms with E-state index in [1.54, 1.807) is 12.1 Å². The number of rotatable bonds is 5. The largest absolute Gasteiger partial charge is 0.496 e. The molecule has 6 heteroatoms. The van der Waals surface area contributed by atoms with Gasteiger partial charge >= 0.3 is 0 Å². The van der Waals surface area contributed by atoms with Gasteiger partial charge in [-0.2, -0.15) is 0 Å². The zero-order valence-corrected chi connectivity index (χ0v) is 12.0. The predicted octanol–water partition coefficient (Wildman–Crippen LogP) is 1.81. The lowest BCUT2D eigenvalue weighted by molar-refractivity contribution is -0.385. The van der Waals surface area contributed by atoms with Gasteiger partial charge in [0.15, 0.2) is 0 Å². The predicted molar refractivity (Wildman–Crippen MR) is 74.7 cm³/mol. The molecule has 1 aromatic rings. The standard InChI is InChI=1S/C14H20N2O4/c1-10(2)14(17)8-15(9-14)7-11-4-12(16(18)19)6-13(5-11)20-3/h4-6,10,17H,7-9H2,1-3H3. The van der Waals surface area contributed by atoms with Crippen LogP contribution in [0.3, 0.4) is 0 Å². The van der Waals surface area contributed by atoms with Crippen molar-refractivity contribution in [1.82, 2.24) is 4.90 Å². The summed E-state index contributed by atoms with van der Waals surface area (Å²) in [5, 5.41) is 21.1. The summed E-state index contributed by atoms with van der Waals surface area (Å²) in [4.78, 5) is 12.5. The molecule has 0 amide bonds. The van der Waals surface area contributed by atoms with Gasteiger partial charge < -0.3 is 9.84 Å². The number of β-amino-alcohol motifs (C(OH)–C–C–N with tert-alkyl or cyclic N) is 1. The van der Waals surface area contributed by atoms with E-state index in [1.165, 1.54) is 13.2 Å². The van der Waals surface area contributed by atoms with E-state index in [0.29, 0.717) is 25.4 Å². The van der Waals surface area contributed by atoms with E-state index in [0.717, 1.165) is 5.56 Å². The number of non-ortho nitro benzene ring substituents is 1. The normalized spacial score (nSPS) is 17.9. The summed E-state index contributed by atoms with van der Waals surface area (Å²) >= 11 is 0. The molecule has 1 fully saturated rings. The molecule has 1 saturated heterocycles. The lowest BCUT2D eigenvalue weighted by Crippen LogP contribution is -2.63. The van der Waals surface area contributed by atoms with E-state index in [-0.39, 0.29) is 11.6 Å². The molecule has 6 nitrogen and oxygen atoms in total. The van der Waals surface area contributed by atoms with E-state index in [9.17, 15) is 15.2 Å². The first-order valence-corrected chi connectivity index (χ1v) is 6.61. The highest BCUT2D eigenvalue weighted by molar-refractivity contribution is 5.42. The Morgan fingerprint density at radius 2 is 2.10 bits per heavy atom. The third kappa shape index (κ3) is 2.91. The maximum absolute atomic E-state index is 10.9. The fourth-order valence-electron chi connectivity index (χ4n) is 2.42. The van der Waals surface area contributed by atoms with E-state index in [4.69, 9.17) is 4.74 Å². The topological polar surface area (TPSA) is 75.8 Å². The number of benzene rings is 1. The van der Waals surface area contributed by atoms with Crippen molar-refractivity contribution in [3.8, 4) is 5.75 Å². The second kappa shape index (κ2) is 5.38. The zero-order chi connectivity index (χ0) is 14.9. The van der Waals surface area contributed by atoms with Gasteiger partial charge in [0.2, 0.25) is 0 Å². The molecule has 0 saturated carbocycles. The SMILES string of the molecule is COc1cc(CN2CC(O)(C(C)C)C2)cc([N+](=O)[O-])c1. The molecule has 0 atom stereocenters. The summed E-state index contributed by atoms with van der Waals surface area (Å²) < 4.78 is 5.09. The molecule has 1 heterocycles.